The molecule has 106 valence electrons. The van der Waals surface area contributed by atoms with Gasteiger partial charge in [0.25, 0.3) is 0 Å². The molecular weight excluding hydrogens is 258 g/mol. The molecule has 20 heavy (non-hydrogen) atoms. The molecule has 1 aliphatic rings. The Labute approximate surface area is 117 Å². The predicted molar refractivity (Wildman–Crippen MR) is 75.1 cm³/mol. The van der Waals surface area contributed by atoms with Gasteiger partial charge in [-0.2, -0.15) is 5.26 Å². The van der Waals surface area contributed by atoms with Crippen LogP contribution in [0.5, 0.6) is 5.75 Å². The average Bonchev–Trinajstić information content (AvgIpc) is 2.93. The lowest BCUT2D eigenvalue weighted by molar-refractivity contribution is -0.386. The van der Waals surface area contributed by atoms with Crippen molar-refractivity contribution in [2.45, 2.75) is 26.2 Å². The summed E-state index contributed by atoms with van der Waals surface area (Å²) in [5.74, 6) is 0.253. The molecule has 1 aromatic rings. The number of methoxy groups -OCH3 is 1. The second-order valence-corrected chi connectivity index (χ2v) is 4.86. The quantitative estimate of drug-likeness (QED) is 0.623. The number of nitrogens with zero attached hydrogens (tertiary/aromatic N) is 3. The first-order valence-corrected chi connectivity index (χ1v) is 6.57. The topological polar surface area (TPSA) is 79.4 Å². The number of nitriles is 1. The van der Waals surface area contributed by atoms with Gasteiger partial charge in [-0.15, -0.1) is 0 Å². The van der Waals surface area contributed by atoms with Crippen molar-refractivity contribution < 1.29 is 9.66 Å². The molecule has 1 aliphatic heterocycles. The summed E-state index contributed by atoms with van der Waals surface area (Å²) in [5, 5.41) is 20.4. The summed E-state index contributed by atoms with van der Waals surface area (Å²) in [6.07, 6.45) is 2.16. The van der Waals surface area contributed by atoms with Gasteiger partial charge in [0, 0.05) is 24.3 Å². The fraction of sp³-hybridized carbons (Fsp3) is 0.500. The van der Waals surface area contributed by atoms with E-state index < -0.39 is 4.92 Å². The second kappa shape index (κ2) is 5.78. The predicted octanol–water partition coefficient (Wildman–Crippen LogP) is 2.58. The Morgan fingerprint density at radius 2 is 2.15 bits per heavy atom. The van der Waals surface area contributed by atoms with E-state index in [1.54, 1.807) is 6.92 Å². The number of hydrogen-bond donors (Lipinski definition) is 0. The van der Waals surface area contributed by atoms with Crippen LogP contribution >= 0.6 is 0 Å². The number of ether oxygens (including phenoxy) is 1. The Morgan fingerprint density at radius 3 is 2.65 bits per heavy atom. The van der Waals surface area contributed by atoms with Gasteiger partial charge in [-0.1, -0.05) is 0 Å². The van der Waals surface area contributed by atoms with Gasteiger partial charge in [0.05, 0.1) is 30.1 Å². The number of hydrogen-bond acceptors (Lipinski definition) is 5. The summed E-state index contributed by atoms with van der Waals surface area (Å²) in [5.41, 5.74) is 1.91. The molecule has 0 spiro atoms. The zero-order chi connectivity index (χ0) is 14.7. The van der Waals surface area contributed by atoms with E-state index in [1.807, 2.05) is 12.1 Å². The van der Waals surface area contributed by atoms with Crippen molar-refractivity contribution in [3.05, 3.63) is 27.3 Å². The van der Waals surface area contributed by atoms with E-state index in [1.165, 1.54) is 7.11 Å². The Balaban J connectivity index is 2.67. The standard InChI is InChI=1S/C14H17N3O3/c1-10-9-12(16-7-3-4-8-16)11(5-6-15)13(17(18)19)14(10)20-2/h9H,3-5,7-8H2,1-2H3. The highest BCUT2D eigenvalue weighted by atomic mass is 16.6. The molecule has 1 fully saturated rings. The summed E-state index contributed by atoms with van der Waals surface area (Å²) in [6, 6.07) is 3.92. The fourth-order valence-corrected chi connectivity index (χ4v) is 2.75. The van der Waals surface area contributed by atoms with Crippen LogP contribution in [0.3, 0.4) is 0 Å². The summed E-state index contributed by atoms with van der Waals surface area (Å²) in [4.78, 5) is 13.1. The third-order valence-corrected chi connectivity index (χ3v) is 3.61. The number of benzene rings is 1. The van der Waals surface area contributed by atoms with Crippen LogP contribution in [-0.2, 0) is 6.42 Å². The maximum absolute atomic E-state index is 11.4. The van der Waals surface area contributed by atoms with E-state index in [2.05, 4.69) is 4.90 Å². The number of aryl methyl sites for hydroxylation is 1. The van der Waals surface area contributed by atoms with E-state index in [4.69, 9.17) is 10.00 Å². The molecule has 0 aromatic heterocycles. The highest BCUT2D eigenvalue weighted by Gasteiger charge is 2.29. The second-order valence-electron chi connectivity index (χ2n) is 4.86. The van der Waals surface area contributed by atoms with Crippen LogP contribution in [0.2, 0.25) is 0 Å². The van der Waals surface area contributed by atoms with Crippen LogP contribution < -0.4 is 9.64 Å². The molecule has 0 radical (unpaired) electrons. The largest absolute Gasteiger partial charge is 0.490 e. The fourth-order valence-electron chi connectivity index (χ4n) is 2.75. The highest BCUT2D eigenvalue weighted by molar-refractivity contribution is 5.71. The number of nitro benzene ring substituents is 1. The van der Waals surface area contributed by atoms with Crippen molar-refractivity contribution in [3.8, 4) is 11.8 Å². The normalized spacial score (nSPS) is 14.2. The van der Waals surface area contributed by atoms with Crippen LogP contribution in [0, 0.1) is 28.4 Å². The molecule has 6 nitrogen and oxygen atoms in total. The maximum Gasteiger partial charge on any atom is 0.317 e. The smallest absolute Gasteiger partial charge is 0.317 e. The van der Waals surface area contributed by atoms with Gasteiger partial charge in [-0.25, -0.2) is 0 Å². The zero-order valence-corrected chi connectivity index (χ0v) is 11.7. The van der Waals surface area contributed by atoms with Gasteiger partial charge in [0.15, 0.2) is 5.75 Å². The van der Waals surface area contributed by atoms with Crippen molar-refractivity contribution in [3.63, 3.8) is 0 Å². The summed E-state index contributed by atoms with van der Waals surface area (Å²) in [6.45, 7) is 3.55. The Kier molecular flexibility index (Phi) is 4.08. The molecular formula is C14H17N3O3. The van der Waals surface area contributed by atoms with Crippen molar-refractivity contribution in [2.75, 3.05) is 25.1 Å². The van der Waals surface area contributed by atoms with Gasteiger partial charge in [-0.05, 0) is 25.8 Å². The average molecular weight is 275 g/mol. The molecule has 0 amide bonds. The first kappa shape index (κ1) is 14.1. The van der Waals surface area contributed by atoms with E-state index >= 15 is 0 Å². The first-order valence-electron chi connectivity index (χ1n) is 6.57. The minimum absolute atomic E-state index is 0.0127. The monoisotopic (exact) mass is 275 g/mol. The zero-order valence-electron chi connectivity index (χ0n) is 11.7. The number of nitro groups is 1. The molecule has 0 atom stereocenters. The van der Waals surface area contributed by atoms with Crippen molar-refractivity contribution in [1.29, 1.82) is 5.26 Å². The van der Waals surface area contributed by atoms with Gasteiger partial charge in [0.2, 0.25) is 0 Å². The summed E-state index contributed by atoms with van der Waals surface area (Å²) in [7, 11) is 1.42. The Bertz CT molecular complexity index is 572. The Morgan fingerprint density at radius 1 is 1.50 bits per heavy atom. The molecule has 0 aliphatic carbocycles. The van der Waals surface area contributed by atoms with E-state index in [9.17, 15) is 10.1 Å². The lowest BCUT2D eigenvalue weighted by Crippen LogP contribution is -2.20. The minimum Gasteiger partial charge on any atom is -0.490 e. The molecule has 0 saturated carbocycles. The molecule has 1 aromatic carbocycles. The van der Waals surface area contributed by atoms with E-state index in [-0.39, 0.29) is 17.9 Å². The molecule has 1 saturated heterocycles. The Hall–Kier alpha value is -2.29. The number of rotatable bonds is 4. The molecule has 1 heterocycles. The van der Waals surface area contributed by atoms with Crippen LogP contribution in [0.15, 0.2) is 6.07 Å². The molecule has 0 N–H and O–H groups in total. The van der Waals surface area contributed by atoms with E-state index in [0.717, 1.165) is 37.2 Å². The van der Waals surface area contributed by atoms with Crippen LogP contribution in [-0.4, -0.2) is 25.1 Å². The first-order chi connectivity index (χ1) is 9.60. The van der Waals surface area contributed by atoms with Gasteiger partial charge >= 0.3 is 5.69 Å². The van der Waals surface area contributed by atoms with Crippen molar-refractivity contribution in [2.24, 2.45) is 0 Å². The molecule has 6 heteroatoms. The lowest BCUT2D eigenvalue weighted by Gasteiger charge is -2.22. The molecule has 2 rings (SSSR count). The van der Waals surface area contributed by atoms with Crippen molar-refractivity contribution >= 4 is 11.4 Å². The van der Waals surface area contributed by atoms with Gasteiger partial charge in [0.1, 0.15) is 0 Å². The third kappa shape index (κ3) is 2.39. The van der Waals surface area contributed by atoms with Crippen molar-refractivity contribution in [1.82, 2.24) is 0 Å². The lowest BCUT2D eigenvalue weighted by atomic mass is 10.0. The summed E-state index contributed by atoms with van der Waals surface area (Å²) < 4.78 is 5.17. The van der Waals surface area contributed by atoms with Gasteiger partial charge in [-0.3, -0.25) is 10.1 Å². The number of anilines is 1. The van der Waals surface area contributed by atoms with E-state index in [0.29, 0.717) is 5.56 Å². The third-order valence-electron chi connectivity index (χ3n) is 3.61. The minimum atomic E-state index is -0.446. The maximum atomic E-state index is 11.4. The SMILES string of the molecule is COc1c(C)cc(N2CCCC2)c(CC#N)c1[N+](=O)[O-]. The summed E-state index contributed by atoms with van der Waals surface area (Å²) >= 11 is 0. The van der Waals surface area contributed by atoms with Crippen LogP contribution in [0.4, 0.5) is 11.4 Å². The highest BCUT2D eigenvalue weighted by Crippen LogP contribution is 2.41. The molecule has 0 bridgehead atoms. The van der Waals surface area contributed by atoms with Crippen LogP contribution in [0.25, 0.3) is 0 Å². The molecule has 0 unspecified atom stereocenters. The van der Waals surface area contributed by atoms with Crippen LogP contribution in [0.1, 0.15) is 24.0 Å². The van der Waals surface area contributed by atoms with Gasteiger partial charge < -0.3 is 9.64 Å².